The third-order valence-corrected chi connectivity index (χ3v) is 8.33. The monoisotopic (exact) mass is 462 g/mol. The summed E-state index contributed by atoms with van der Waals surface area (Å²) >= 11 is 0. The molecule has 1 N–H and O–H groups in total. The predicted molar refractivity (Wildman–Crippen MR) is 131 cm³/mol. The van der Waals surface area contributed by atoms with Crippen LogP contribution in [0.15, 0.2) is 77.7 Å². The van der Waals surface area contributed by atoms with E-state index in [1.165, 1.54) is 6.07 Å². The summed E-state index contributed by atoms with van der Waals surface area (Å²) in [7, 11) is -3.63. The maximum absolute atomic E-state index is 13.4. The first-order chi connectivity index (χ1) is 15.9. The van der Waals surface area contributed by atoms with Crippen molar-refractivity contribution in [3.63, 3.8) is 0 Å². The second kappa shape index (κ2) is 9.89. The Morgan fingerprint density at radius 3 is 2.21 bits per heavy atom. The zero-order valence-electron chi connectivity index (χ0n) is 19.1. The minimum Gasteiger partial charge on any atom is -0.341 e. The van der Waals surface area contributed by atoms with Crippen molar-refractivity contribution < 1.29 is 13.2 Å². The van der Waals surface area contributed by atoms with E-state index in [2.05, 4.69) is 5.32 Å². The molecule has 0 unspecified atom stereocenters. The van der Waals surface area contributed by atoms with Crippen LogP contribution in [0.3, 0.4) is 0 Å². The van der Waals surface area contributed by atoms with E-state index in [1.54, 1.807) is 23.4 Å². The zero-order chi connectivity index (χ0) is 23.4. The average Bonchev–Trinajstić information content (AvgIpc) is 2.84. The lowest BCUT2D eigenvalue weighted by Crippen LogP contribution is -2.36. The zero-order valence-corrected chi connectivity index (χ0v) is 19.9. The van der Waals surface area contributed by atoms with Crippen molar-refractivity contribution in [2.75, 3.05) is 13.1 Å². The lowest BCUT2D eigenvalue weighted by molar-refractivity contribution is 0.0942. The summed E-state index contributed by atoms with van der Waals surface area (Å²) in [6.07, 6.45) is 2.79. The second-order valence-corrected chi connectivity index (χ2v) is 10.5. The van der Waals surface area contributed by atoms with E-state index in [9.17, 15) is 13.2 Å². The van der Waals surface area contributed by atoms with Crippen LogP contribution in [-0.2, 0) is 10.0 Å². The van der Waals surface area contributed by atoms with E-state index in [4.69, 9.17) is 0 Å². The van der Waals surface area contributed by atoms with Gasteiger partial charge in [0.2, 0.25) is 10.0 Å². The Balaban J connectivity index is 1.67. The number of nitrogens with zero attached hydrogens (tertiary/aromatic N) is 1. The summed E-state index contributed by atoms with van der Waals surface area (Å²) in [6, 6.07) is 22.4. The van der Waals surface area contributed by atoms with Gasteiger partial charge in [0.05, 0.1) is 10.9 Å². The quantitative estimate of drug-likeness (QED) is 0.561. The van der Waals surface area contributed by atoms with Crippen LogP contribution in [0.5, 0.6) is 0 Å². The van der Waals surface area contributed by atoms with Gasteiger partial charge in [0.1, 0.15) is 0 Å². The number of benzene rings is 3. The molecule has 0 bridgehead atoms. The second-order valence-electron chi connectivity index (χ2n) is 8.62. The summed E-state index contributed by atoms with van der Waals surface area (Å²) in [4.78, 5) is 13.6. The van der Waals surface area contributed by atoms with Crippen molar-refractivity contribution in [3.05, 3.63) is 101 Å². The molecule has 1 atom stereocenters. The van der Waals surface area contributed by atoms with E-state index in [0.29, 0.717) is 24.2 Å². The smallest absolute Gasteiger partial charge is 0.252 e. The van der Waals surface area contributed by atoms with Gasteiger partial charge in [-0.15, -0.1) is 0 Å². The van der Waals surface area contributed by atoms with Crippen LogP contribution in [0.25, 0.3) is 0 Å². The van der Waals surface area contributed by atoms with Crippen LogP contribution in [-0.4, -0.2) is 31.7 Å². The third kappa shape index (κ3) is 5.02. The summed E-state index contributed by atoms with van der Waals surface area (Å²) in [6.45, 7) is 4.86. The predicted octanol–water partition coefficient (Wildman–Crippen LogP) is 5.00. The van der Waals surface area contributed by atoms with Gasteiger partial charge in [0.25, 0.3) is 5.91 Å². The van der Waals surface area contributed by atoms with E-state index in [0.717, 1.165) is 36.0 Å². The van der Waals surface area contributed by atoms with Crippen LogP contribution in [0, 0.1) is 13.8 Å². The number of nitrogens with one attached hydrogen (secondary N) is 1. The third-order valence-electron chi connectivity index (χ3n) is 6.29. The lowest BCUT2D eigenvalue weighted by Gasteiger charge is -2.27. The molecule has 33 heavy (non-hydrogen) atoms. The number of aryl methyl sites for hydroxylation is 2. The molecule has 1 amide bonds. The summed E-state index contributed by atoms with van der Waals surface area (Å²) in [5, 5.41) is 3.14. The molecule has 3 aromatic carbocycles. The average molecular weight is 463 g/mol. The molecular formula is C27H30N2O3S. The first-order valence-corrected chi connectivity index (χ1v) is 12.8. The molecule has 1 heterocycles. The summed E-state index contributed by atoms with van der Waals surface area (Å²) in [5.41, 5.74) is 4.03. The topological polar surface area (TPSA) is 66.5 Å². The Bertz CT molecular complexity index is 1230. The van der Waals surface area contributed by atoms with E-state index in [1.807, 2.05) is 61.5 Å². The fourth-order valence-electron chi connectivity index (χ4n) is 4.37. The molecule has 172 valence electrons. The first-order valence-electron chi connectivity index (χ1n) is 11.4. The number of hydrogen-bond acceptors (Lipinski definition) is 3. The first kappa shape index (κ1) is 23.2. The van der Waals surface area contributed by atoms with E-state index in [-0.39, 0.29) is 16.8 Å². The molecule has 6 heteroatoms. The van der Waals surface area contributed by atoms with Crippen LogP contribution in [0.2, 0.25) is 0 Å². The van der Waals surface area contributed by atoms with Crippen molar-refractivity contribution in [3.8, 4) is 0 Å². The van der Waals surface area contributed by atoms with E-state index < -0.39 is 10.0 Å². The molecule has 1 saturated heterocycles. The molecule has 4 rings (SSSR count). The maximum atomic E-state index is 13.4. The highest BCUT2D eigenvalue weighted by Gasteiger charge is 2.28. The van der Waals surface area contributed by atoms with Crippen molar-refractivity contribution in [1.82, 2.24) is 9.62 Å². The molecule has 0 aromatic heterocycles. The Labute approximate surface area is 196 Å². The molecule has 0 aliphatic carbocycles. The standard InChI is InChI=1S/C27H30N2O3S/c1-20-11-7-8-14-24(20)26(22-12-5-3-6-13-22)28-27(30)23-16-15-21(2)25(19-23)33(31,32)29-17-9-4-10-18-29/h3,5-8,11-16,19,26H,4,9-10,17-18H2,1-2H3,(H,28,30)/t26-/m0/s1. The van der Waals surface area contributed by atoms with E-state index >= 15 is 0 Å². The minimum atomic E-state index is -3.63. The van der Waals surface area contributed by atoms with Gasteiger partial charge in [-0.25, -0.2) is 8.42 Å². The molecule has 3 aromatic rings. The van der Waals surface area contributed by atoms with Gasteiger partial charge in [-0.3, -0.25) is 4.79 Å². The van der Waals surface area contributed by atoms with Gasteiger partial charge >= 0.3 is 0 Å². The molecule has 0 spiro atoms. The highest BCUT2D eigenvalue weighted by Crippen LogP contribution is 2.27. The molecule has 5 nitrogen and oxygen atoms in total. The highest BCUT2D eigenvalue weighted by molar-refractivity contribution is 7.89. The summed E-state index contributed by atoms with van der Waals surface area (Å²) < 4.78 is 28.1. The summed E-state index contributed by atoms with van der Waals surface area (Å²) in [5.74, 6) is -0.304. The number of amides is 1. The molecular weight excluding hydrogens is 432 g/mol. The lowest BCUT2D eigenvalue weighted by atomic mass is 9.94. The Kier molecular flexibility index (Phi) is 6.96. The van der Waals surface area contributed by atoms with Gasteiger partial charge in [-0.1, -0.05) is 67.1 Å². The number of carbonyl (C=O) groups excluding carboxylic acids is 1. The van der Waals surface area contributed by atoms with Crippen molar-refractivity contribution in [2.24, 2.45) is 0 Å². The van der Waals surface area contributed by atoms with Crippen molar-refractivity contribution in [2.45, 2.75) is 44.0 Å². The van der Waals surface area contributed by atoms with Crippen molar-refractivity contribution >= 4 is 15.9 Å². The Morgan fingerprint density at radius 1 is 0.848 bits per heavy atom. The Morgan fingerprint density at radius 2 is 1.52 bits per heavy atom. The highest BCUT2D eigenvalue weighted by atomic mass is 32.2. The largest absolute Gasteiger partial charge is 0.341 e. The van der Waals surface area contributed by atoms with Crippen molar-refractivity contribution in [1.29, 1.82) is 0 Å². The molecule has 0 radical (unpaired) electrons. The number of piperidine rings is 1. The fraction of sp³-hybridized carbons (Fsp3) is 0.296. The number of rotatable bonds is 6. The number of carbonyl (C=O) groups is 1. The minimum absolute atomic E-state index is 0.212. The van der Waals surface area contributed by atoms with Gasteiger partial charge < -0.3 is 5.32 Å². The molecule has 1 fully saturated rings. The van der Waals surface area contributed by atoms with Crippen LogP contribution in [0.1, 0.15) is 57.9 Å². The van der Waals surface area contributed by atoms with Gasteiger partial charge in [-0.2, -0.15) is 4.31 Å². The number of hydrogen-bond donors (Lipinski definition) is 1. The van der Waals surface area contributed by atoms with Crippen LogP contribution < -0.4 is 5.32 Å². The molecule has 1 aliphatic heterocycles. The number of sulfonamides is 1. The maximum Gasteiger partial charge on any atom is 0.252 e. The van der Waals surface area contributed by atoms with Gasteiger partial charge in [0, 0.05) is 18.7 Å². The normalized spacial score (nSPS) is 15.7. The fourth-order valence-corrected chi connectivity index (χ4v) is 6.14. The van der Waals surface area contributed by atoms with Gasteiger partial charge in [0.15, 0.2) is 0 Å². The SMILES string of the molecule is Cc1ccccc1[C@@H](NC(=O)c1ccc(C)c(S(=O)(=O)N2CCCCC2)c1)c1ccccc1. The van der Waals surface area contributed by atoms with Crippen LogP contribution in [0.4, 0.5) is 0 Å². The van der Waals surface area contributed by atoms with Gasteiger partial charge in [-0.05, 0) is 61.1 Å². The molecule has 0 saturated carbocycles. The Hall–Kier alpha value is -2.96. The van der Waals surface area contributed by atoms with Crippen LogP contribution >= 0.6 is 0 Å². The molecule has 1 aliphatic rings.